The summed E-state index contributed by atoms with van der Waals surface area (Å²) < 4.78 is 42.6. The van der Waals surface area contributed by atoms with Crippen LogP contribution in [0.1, 0.15) is 32.1 Å². The lowest BCUT2D eigenvalue weighted by Crippen LogP contribution is -2.42. The van der Waals surface area contributed by atoms with Gasteiger partial charge in [-0.05, 0) is 25.7 Å². The molecule has 0 radical (unpaired) electrons. The molecule has 19 nitrogen and oxygen atoms in total. The molecule has 4 amide bonds. The van der Waals surface area contributed by atoms with E-state index in [0.29, 0.717) is 25.1 Å². The Bertz CT molecular complexity index is 1090. The second-order valence-electron chi connectivity index (χ2n) is 10.2. The molecule has 0 fully saturated rings. The van der Waals surface area contributed by atoms with E-state index in [1.54, 1.807) is 0 Å². The summed E-state index contributed by atoms with van der Waals surface area (Å²) in [5, 5.41) is 27.3. The third-order valence-electron chi connectivity index (χ3n) is 5.96. The maximum atomic E-state index is 12.1. The fraction of sp³-hybridized carbons (Fsp3) is 0.778. The van der Waals surface area contributed by atoms with Gasteiger partial charge in [0.1, 0.15) is 25.5 Å². The third-order valence-corrected chi connectivity index (χ3v) is 8.31. The molecular formula is C27H51N6O13PS2. The number of aliphatic carboxylic acids is 1. The molecule has 0 heterocycles. The highest BCUT2D eigenvalue weighted by molar-refractivity contribution is 8.00. The molecule has 1 unspecified atom stereocenters. The number of unbranched alkanes of at least 4 members (excludes halogenated alkanes) is 1. The van der Waals surface area contributed by atoms with Gasteiger partial charge in [0.2, 0.25) is 33.7 Å². The summed E-state index contributed by atoms with van der Waals surface area (Å²) in [6, 6.07) is -1.44. The first-order valence-electron chi connectivity index (χ1n) is 15.5. The maximum absolute atomic E-state index is 12.1. The number of ether oxygens (including phenoxy) is 4. The van der Waals surface area contributed by atoms with Gasteiger partial charge < -0.3 is 50.1 Å². The summed E-state index contributed by atoms with van der Waals surface area (Å²) in [6.07, 6.45) is 2.10. The van der Waals surface area contributed by atoms with Crippen molar-refractivity contribution in [3.8, 4) is 0 Å². The van der Waals surface area contributed by atoms with Gasteiger partial charge in [-0.1, -0.05) is 9.39 Å². The topological polar surface area (TPSA) is 280 Å². The van der Waals surface area contributed by atoms with E-state index in [9.17, 15) is 42.3 Å². The summed E-state index contributed by atoms with van der Waals surface area (Å²) in [4.78, 5) is 69.5. The summed E-state index contributed by atoms with van der Waals surface area (Å²) in [5.74, 6) is -2.22. The number of hydrogen-bond acceptors (Lipinski definition) is 14. The van der Waals surface area contributed by atoms with E-state index in [-0.39, 0.29) is 120 Å². The molecule has 284 valence electrons. The molecule has 0 rings (SSSR count). The van der Waals surface area contributed by atoms with Crippen molar-refractivity contribution < 1.29 is 61.2 Å². The van der Waals surface area contributed by atoms with E-state index in [4.69, 9.17) is 24.1 Å². The minimum Gasteiger partial charge on any atom is -0.480 e. The van der Waals surface area contributed by atoms with Crippen molar-refractivity contribution >= 4 is 67.1 Å². The number of nitrogens with two attached hydrogens (primary N) is 1. The van der Waals surface area contributed by atoms with Crippen LogP contribution < -0.4 is 31.5 Å². The van der Waals surface area contributed by atoms with Gasteiger partial charge in [0.25, 0.3) is 0 Å². The van der Waals surface area contributed by atoms with Gasteiger partial charge in [-0.15, -0.1) is 11.8 Å². The Labute approximate surface area is 293 Å². The quantitative estimate of drug-likeness (QED) is 0.0198. The standard InChI is InChI=1S/C27H51N6O13PS2/c28-49(41,42)15-3-5-23(35)30-7-9-43-11-13-45-17-24(36)31-8-10-44-12-14-46-18-25(37)32-22(27(39)40)4-1-2-6-29-26(38)20-48-19-21(16-34)33-47/h16,21-22,33H,1-15,17-20,47H2,(H,29,38)(H,30,35)(H,31,36)(H,32,37)(H,39,40)(H2,28,41,42)/t21-,22+/m1/s1. The Hall–Kier alpha value is -2.49. The molecule has 0 spiro atoms. The van der Waals surface area contributed by atoms with Crippen LogP contribution in [-0.2, 0) is 57.7 Å². The van der Waals surface area contributed by atoms with E-state index in [0.717, 1.165) is 6.29 Å². The Kier molecular flexibility index (Phi) is 28.8. The van der Waals surface area contributed by atoms with Crippen LogP contribution in [0.4, 0.5) is 0 Å². The Balaban J connectivity index is 3.71. The monoisotopic (exact) mass is 762 g/mol. The fourth-order valence-corrected chi connectivity index (χ4v) is 5.27. The van der Waals surface area contributed by atoms with Gasteiger partial charge in [0.15, 0.2) is 0 Å². The van der Waals surface area contributed by atoms with E-state index >= 15 is 0 Å². The predicted octanol–water partition coefficient (Wildman–Crippen LogP) is -3.11. The highest BCUT2D eigenvalue weighted by atomic mass is 32.2. The van der Waals surface area contributed by atoms with Crippen LogP contribution >= 0.6 is 21.2 Å². The van der Waals surface area contributed by atoms with Gasteiger partial charge in [0.05, 0.1) is 57.2 Å². The molecule has 0 aliphatic carbocycles. The number of amides is 4. The van der Waals surface area contributed by atoms with E-state index in [1.807, 2.05) is 0 Å². The number of carboxylic acids is 1. The minimum atomic E-state index is -3.58. The number of primary sulfonamides is 1. The number of hydrogen-bond donors (Lipinski definition) is 7. The predicted molar refractivity (Wildman–Crippen MR) is 183 cm³/mol. The number of aldehydes is 1. The van der Waals surface area contributed by atoms with Crippen molar-refractivity contribution in [2.24, 2.45) is 5.14 Å². The van der Waals surface area contributed by atoms with E-state index in [1.165, 1.54) is 11.8 Å². The highest BCUT2D eigenvalue weighted by Gasteiger charge is 2.19. The van der Waals surface area contributed by atoms with Crippen molar-refractivity contribution in [1.82, 2.24) is 26.4 Å². The van der Waals surface area contributed by atoms with Crippen molar-refractivity contribution in [2.45, 2.75) is 44.2 Å². The van der Waals surface area contributed by atoms with Crippen LogP contribution in [0.2, 0.25) is 0 Å². The van der Waals surface area contributed by atoms with Crippen molar-refractivity contribution in [3.05, 3.63) is 0 Å². The lowest BCUT2D eigenvalue weighted by Gasteiger charge is -2.15. The first-order valence-corrected chi connectivity index (χ1v) is 19.0. The zero-order valence-corrected chi connectivity index (χ0v) is 30.3. The molecule has 8 N–H and O–H groups in total. The van der Waals surface area contributed by atoms with Gasteiger partial charge in [0, 0.05) is 31.8 Å². The van der Waals surface area contributed by atoms with Crippen LogP contribution in [0, 0.1) is 0 Å². The molecular weight excluding hydrogens is 711 g/mol. The van der Waals surface area contributed by atoms with Crippen LogP contribution in [0.25, 0.3) is 0 Å². The smallest absolute Gasteiger partial charge is 0.326 e. The zero-order chi connectivity index (χ0) is 36.8. The number of sulfonamides is 1. The molecule has 0 bridgehead atoms. The molecule has 0 aromatic carbocycles. The first-order chi connectivity index (χ1) is 23.4. The normalized spacial score (nSPS) is 12.4. The SMILES string of the molecule is NS(=O)(=O)CCCC(=O)NCCOCCOCC(=O)NCCOCCOCC(=O)N[C@@H](CCCCNC(=O)CSC[C@@H](C=O)NP)C(=O)O. The number of carboxylic acid groups (broad SMARTS) is 1. The number of nitrogens with one attached hydrogen (secondary N) is 5. The molecule has 22 heteroatoms. The van der Waals surface area contributed by atoms with Gasteiger partial charge in [-0.2, -0.15) is 0 Å². The second-order valence-corrected chi connectivity index (χ2v) is 13.3. The lowest BCUT2D eigenvalue weighted by atomic mass is 10.1. The third kappa shape index (κ3) is 31.2. The largest absolute Gasteiger partial charge is 0.480 e. The molecule has 0 aliphatic rings. The van der Waals surface area contributed by atoms with Crippen molar-refractivity contribution in [1.29, 1.82) is 0 Å². The van der Waals surface area contributed by atoms with Crippen molar-refractivity contribution in [3.63, 3.8) is 0 Å². The molecule has 0 aromatic rings. The molecule has 0 saturated heterocycles. The van der Waals surface area contributed by atoms with Crippen LogP contribution in [0.15, 0.2) is 0 Å². The zero-order valence-electron chi connectivity index (χ0n) is 27.5. The number of thioether (sulfide) groups is 1. The molecule has 3 atom stereocenters. The average molecular weight is 763 g/mol. The van der Waals surface area contributed by atoms with E-state index < -0.39 is 27.9 Å². The van der Waals surface area contributed by atoms with Gasteiger partial charge in [-0.3, -0.25) is 24.3 Å². The maximum Gasteiger partial charge on any atom is 0.326 e. The summed E-state index contributed by atoms with van der Waals surface area (Å²) in [6.45, 7) is 1.28. The van der Waals surface area contributed by atoms with Crippen LogP contribution in [0.3, 0.4) is 0 Å². The molecule has 49 heavy (non-hydrogen) atoms. The highest BCUT2D eigenvalue weighted by Crippen LogP contribution is 2.04. The fourth-order valence-electron chi connectivity index (χ4n) is 3.52. The van der Waals surface area contributed by atoms with Crippen LogP contribution in [0.5, 0.6) is 0 Å². The Morgan fingerprint density at radius 2 is 1.35 bits per heavy atom. The summed E-state index contributed by atoms with van der Waals surface area (Å²) in [5.41, 5.74) is 0. The van der Waals surface area contributed by atoms with Crippen molar-refractivity contribution in [2.75, 3.05) is 89.7 Å². The Morgan fingerprint density at radius 3 is 1.92 bits per heavy atom. The summed E-state index contributed by atoms with van der Waals surface area (Å²) >= 11 is 1.31. The minimum absolute atomic E-state index is 0.0431. The number of carbonyl (C=O) groups excluding carboxylic acids is 5. The second kappa shape index (κ2) is 30.3. The molecule has 0 aromatic heterocycles. The lowest BCUT2D eigenvalue weighted by molar-refractivity contribution is -0.142. The number of carbonyl (C=O) groups is 6. The first kappa shape index (κ1) is 46.5. The Morgan fingerprint density at radius 1 is 0.776 bits per heavy atom. The molecule has 0 saturated carbocycles. The van der Waals surface area contributed by atoms with E-state index in [2.05, 4.69) is 35.7 Å². The van der Waals surface area contributed by atoms with Gasteiger partial charge in [-0.25, -0.2) is 18.4 Å². The average Bonchev–Trinajstić information content (AvgIpc) is 3.04. The molecule has 0 aliphatic heterocycles. The van der Waals surface area contributed by atoms with Gasteiger partial charge >= 0.3 is 5.97 Å². The number of rotatable bonds is 33. The summed E-state index contributed by atoms with van der Waals surface area (Å²) in [7, 11) is -1.33. The van der Waals surface area contributed by atoms with Crippen LogP contribution in [-0.4, -0.2) is 151 Å².